The summed E-state index contributed by atoms with van der Waals surface area (Å²) >= 11 is 5.51. The van der Waals surface area contributed by atoms with Crippen molar-refractivity contribution >= 4 is 21.6 Å². The molecular formula is C14H23ClN2O2S. The van der Waals surface area contributed by atoms with Gasteiger partial charge in [-0.05, 0) is 18.7 Å². The molecule has 114 valence electrons. The molecule has 0 aliphatic carbocycles. The number of rotatable bonds is 9. The second-order valence-electron chi connectivity index (χ2n) is 4.50. The standard InChI is InChI=1S/C14H23ClN2O2S/c1-3-17(4-2)14(13-8-6-5-7-9-13)12-16-20(18,19)11-10-15/h5-9,14,16H,3-4,10-12H2,1-2H3. The highest BCUT2D eigenvalue weighted by molar-refractivity contribution is 7.89. The largest absolute Gasteiger partial charge is 0.296 e. The van der Waals surface area contributed by atoms with Crippen LogP contribution in [0.2, 0.25) is 0 Å². The van der Waals surface area contributed by atoms with E-state index >= 15 is 0 Å². The van der Waals surface area contributed by atoms with E-state index in [0.717, 1.165) is 18.7 Å². The fourth-order valence-corrected chi connectivity index (χ4v) is 3.55. The molecule has 0 radical (unpaired) electrons. The molecule has 0 aliphatic heterocycles. The van der Waals surface area contributed by atoms with Gasteiger partial charge in [0.15, 0.2) is 0 Å². The molecule has 1 aromatic rings. The SMILES string of the molecule is CCN(CC)C(CNS(=O)(=O)CCCl)c1ccccc1. The Morgan fingerprint density at radius 1 is 1.20 bits per heavy atom. The zero-order valence-corrected chi connectivity index (χ0v) is 13.6. The van der Waals surface area contributed by atoms with Gasteiger partial charge in [0.2, 0.25) is 10.0 Å². The number of nitrogens with one attached hydrogen (secondary N) is 1. The maximum atomic E-state index is 11.8. The molecule has 1 aromatic carbocycles. The van der Waals surface area contributed by atoms with Crippen molar-refractivity contribution in [1.82, 2.24) is 9.62 Å². The summed E-state index contributed by atoms with van der Waals surface area (Å²) in [7, 11) is -3.29. The molecule has 0 bridgehead atoms. The first kappa shape index (κ1) is 17.4. The Bertz CT molecular complexity index is 475. The minimum Gasteiger partial charge on any atom is -0.296 e. The Morgan fingerprint density at radius 3 is 2.30 bits per heavy atom. The molecule has 1 N–H and O–H groups in total. The molecule has 0 aromatic heterocycles. The first-order chi connectivity index (χ1) is 9.54. The predicted molar refractivity (Wildman–Crippen MR) is 84.6 cm³/mol. The van der Waals surface area contributed by atoms with Crippen LogP contribution in [0.25, 0.3) is 0 Å². The normalized spacial score (nSPS) is 13.6. The fraction of sp³-hybridized carbons (Fsp3) is 0.571. The van der Waals surface area contributed by atoms with Gasteiger partial charge in [-0.15, -0.1) is 11.6 Å². The molecular weight excluding hydrogens is 296 g/mol. The van der Waals surface area contributed by atoms with Gasteiger partial charge in [-0.25, -0.2) is 13.1 Å². The third kappa shape index (κ3) is 5.40. The van der Waals surface area contributed by atoms with Crippen LogP contribution in [0.1, 0.15) is 25.5 Å². The third-order valence-corrected chi connectivity index (χ3v) is 5.04. The lowest BCUT2D eigenvalue weighted by atomic mass is 10.1. The summed E-state index contributed by atoms with van der Waals surface area (Å²) in [6.07, 6.45) is 0. The molecule has 1 unspecified atom stereocenters. The number of benzene rings is 1. The van der Waals surface area contributed by atoms with Gasteiger partial charge in [0.05, 0.1) is 5.75 Å². The summed E-state index contributed by atoms with van der Waals surface area (Å²) in [5, 5.41) is 0. The summed E-state index contributed by atoms with van der Waals surface area (Å²) in [6, 6.07) is 9.99. The molecule has 0 aliphatic rings. The van der Waals surface area contributed by atoms with E-state index in [2.05, 4.69) is 23.5 Å². The molecule has 4 nitrogen and oxygen atoms in total. The molecule has 1 atom stereocenters. The number of hydrogen-bond acceptors (Lipinski definition) is 3. The van der Waals surface area contributed by atoms with Crippen molar-refractivity contribution in [3.8, 4) is 0 Å². The average Bonchev–Trinajstić information content (AvgIpc) is 2.44. The molecule has 0 spiro atoms. The molecule has 0 heterocycles. The van der Waals surface area contributed by atoms with Gasteiger partial charge in [0.1, 0.15) is 0 Å². The minimum atomic E-state index is -3.29. The quantitative estimate of drug-likeness (QED) is 0.710. The Balaban J connectivity index is 2.84. The van der Waals surface area contributed by atoms with Gasteiger partial charge >= 0.3 is 0 Å². The van der Waals surface area contributed by atoms with Gasteiger partial charge < -0.3 is 0 Å². The summed E-state index contributed by atoms with van der Waals surface area (Å²) < 4.78 is 26.2. The monoisotopic (exact) mass is 318 g/mol. The van der Waals surface area contributed by atoms with Crippen LogP contribution in [0.3, 0.4) is 0 Å². The number of sulfonamides is 1. The lowest BCUT2D eigenvalue weighted by molar-refractivity contribution is 0.220. The predicted octanol–water partition coefficient (Wildman–Crippen LogP) is 2.23. The van der Waals surface area contributed by atoms with Gasteiger partial charge in [0, 0.05) is 18.5 Å². The molecule has 0 saturated carbocycles. The number of halogens is 1. The lowest BCUT2D eigenvalue weighted by Crippen LogP contribution is -2.39. The van der Waals surface area contributed by atoms with Gasteiger partial charge in [-0.2, -0.15) is 0 Å². The Kier molecular flexibility index (Phi) is 7.51. The van der Waals surface area contributed by atoms with E-state index in [9.17, 15) is 8.42 Å². The van der Waals surface area contributed by atoms with Crippen molar-refractivity contribution in [2.24, 2.45) is 0 Å². The summed E-state index contributed by atoms with van der Waals surface area (Å²) in [6.45, 7) is 6.25. The Labute approximate surface area is 127 Å². The van der Waals surface area contributed by atoms with E-state index < -0.39 is 10.0 Å². The number of hydrogen-bond donors (Lipinski definition) is 1. The van der Waals surface area contributed by atoms with Crippen molar-refractivity contribution in [3.63, 3.8) is 0 Å². The molecule has 0 fully saturated rings. The lowest BCUT2D eigenvalue weighted by Gasteiger charge is -2.30. The molecule has 0 amide bonds. The van der Waals surface area contributed by atoms with E-state index in [0.29, 0.717) is 6.54 Å². The van der Waals surface area contributed by atoms with Crippen molar-refractivity contribution in [1.29, 1.82) is 0 Å². The van der Waals surface area contributed by atoms with E-state index in [1.54, 1.807) is 0 Å². The first-order valence-corrected chi connectivity index (χ1v) is 9.05. The van der Waals surface area contributed by atoms with Crippen LogP contribution >= 0.6 is 11.6 Å². The highest BCUT2D eigenvalue weighted by Gasteiger charge is 2.20. The molecule has 20 heavy (non-hydrogen) atoms. The van der Waals surface area contributed by atoms with Crippen LogP contribution in [0.15, 0.2) is 30.3 Å². The third-order valence-electron chi connectivity index (χ3n) is 3.28. The zero-order chi connectivity index (χ0) is 15.0. The molecule has 1 rings (SSSR count). The summed E-state index contributed by atoms with van der Waals surface area (Å²) in [4.78, 5) is 2.23. The minimum absolute atomic E-state index is 0.0382. The van der Waals surface area contributed by atoms with Crippen LogP contribution in [0.5, 0.6) is 0 Å². The molecule has 6 heteroatoms. The van der Waals surface area contributed by atoms with Crippen molar-refractivity contribution in [2.45, 2.75) is 19.9 Å². The van der Waals surface area contributed by atoms with Crippen LogP contribution < -0.4 is 4.72 Å². The maximum absolute atomic E-state index is 11.8. The van der Waals surface area contributed by atoms with Gasteiger partial charge in [0.25, 0.3) is 0 Å². The van der Waals surface area contributed by atoms with E-state index in [1.165, 1.54) is 0 Å². The van der Waals surface area contributed by atoms with Gasteiger partial charge in [-0.3, -0.25) is 4.90 Å². The first-order valence-electron chi connectivity index (χ1n) is 6.86. The van der Waals surface area contributed by atoms with Crippen molar-refractivity contribution in [2.75, 3.05) is 31.3 Å². The number of nitrogens with zero attached hydrogens (tertiary/aromatic N) is 1. The second kappa shape index (κ2) is 8.62. The van der Waals surface area contributed by atoms with E-state index in [1.807, 2.05) is 30.3 Å². The average molecular weight is 319 g/mol. The fourth-order valence-electron chi connectivity index (χ4n) is 2.18. The van der Waals surface area contributed by atoms with Crippen molar-refractivity contribution in [3.05, 3.63) is 35.9 Å². The Hall–Kier alpha value is -0.620. The van der Waals surface area contributed by atoms with Crippen LogP contribution in [-0.4, -0.2) is 44.6 Å². The Morgan fingerprint density at radius 2 is 1.80 bits per heavy atom. The topological polar surface area (TPSA) is 49.4 Å². The zero-order valence-electron chi connectivity index (χ0n) is 12.0. The second-order valence-corrected chi connectivity index (χ2v) is 6.81. The highest BCUT2D eigenvalue weighted by Crippen LogP contribution is 2.19. The number of likely N-dealkylation sites (N-methyl/N-ethyl adjacent to an activating group) is 1. The smallest absolute Gasteiger partial charge is 0.212 e. The summed E-state index contributed by atoms with van der Waals surface area (Å²) in [5.74, 6) is 0.0604. The van der Waals surface area contributed by atoms with Gasteiger partial charge in [-0.1, -0.05) is 44.2 Å². The van der Waals surface area contributed by atoms with E-state index in [-0.39, 0.29) is 17.7 Å². The maximum Gasteiger partial charge on any atom is 0.212 e. The van der Waals surface area contributed by atoms with Crippen molar-refractivity contribution < 1.29 is 8.42 Å². The number of alkyl halides is 1. The van der Waals surface area contributed by atoms with Crippen LogP contribution in [-0.2, 0) is 10.0 Å². The molecule has 0 saturated heterocycles. The van der Waals surface area contributed by atoms with Crippen LogP contribution in [0, 0.1) is 0 Å². The highest BCUT2D eigenvalue weighted by atomic mass is 35.5. The summed E-state index contributed by atoms with van der Waals surface area (Å²) in [5.41, 5.74) is 1.12. The van der Waals surface area contributed by atoms with Crippen LogP contribution in [0.4, 0.5) is 0 Å². The van der Waals surface area contributed by atoms with E-state index in [4.69, 9.17) is 11.6 Å².